The van der Waals surface area contributed by atoms with Gasteiger partial charge in [0.15, 0.2) is 24.2 Å². The number of halogens is 1. The van der Waals surface area contributed by atoms with E-state index in [0.717, 1.165) is 12.3 Å². The molecule has 1 aliphatic rings. The first kappa shape index (κ1) is 36.5. The Kier molecular flexibility index (Phi) is 10.6. The van der Waals surface area contributed by atoms with Crippen LogP contribution in [-0.2, 0) is 24.2 Å². The molecule has 1 saturated heterocycles. The minimum Gasteiger partial charge on any atom is -0.497 e. The Balaban J connectivity index is 1.63. The molecule has 6 atom stereocenters. The van der Waals surface area contributed by atoms with Gasteiger partial charge in [0, 0.05) is 22.4 Å². The molecule has 4 aromatic carbocycles. The van der Waals surface area contributed by atoms with Crippen LogP contribution in [0.4, 0.5) is 4.39 Å². The van der Waals surface area contributed by atoms with Crippen LogP contribution in [0.25, 0.3) is 0 Å². The number of hydrogen-bond acceptors (Lipinski definition) is 10. The van der Waals surface area contributed by atoms with Crippen LogP contribution in [0.1, 0.15) is 33.3 Å². The Bertz CT molecular complexity index is 2100. The molecule has 0 saturated carbocycles. The second-order valence-corrected chi connectivity index (χ2v) is 12.4. The number of nitrogens with one attached hydrogen (secondary N) is 1. The number of H-pyrrole nitrogens is 1. The molecule has 0 amide bonds. The van der Waals surface area contributed by atoms with Gasteiger partial charge in [0.1, 0.15) is 17.1 Å². The summed E-state index contributed by atoms with van der Waals surface area (Å²) in [5.74, 6) is -3.22. The van der Waals surface area contributed by atoms with E-state index in [-0.39, 0.29) is 5.56 Å². The van der Waals surface area contributed by atoms with Crippen molar-refractivity contribution in [1.29, 1.82) is 0 Å². The molecule has 6 rings (SSSR count). The highest BCUT2D eigenvalue weighted by Gasteiger charge is 2.68. The Hall–Kier alpha value is -5.34. The first-order chi connectivity index (χ1) is 25.0. The molecule has 5 aromatic rings. The van der Waals surface area contributed by atoms with Crippen LogP contribution in [0.15, 0.2) is 131 Å². The van der Waals surface area contributed by atoms with Crippen molar-refractivity contribution in [3.05, 3.63) is 165 Å². The Labute approximate surface area is 296 Å². The average Bonchev–Trinajstić information content (AvgIpc) is 3.41. The fourth-order valence-electron chi connectivity index (χ4n) is 6.27. The number of ether oxygens (including phenoxy) is 4. The van der Waals surface area contributed by atoms with E-state index in [1.165, 1.54) is 26.4 Å². The molecule has 1 aromatic heterocycles. The third kappa shape index (κ3) is 6.83. The fraction of sp³-hybridized carbons (Fsp3) is 0.216. The maximum Gasteiger partial charge on any atom is 0.697 e. The summed E-state index contributed by atoms with van der Waals surface area (Å²) in [7, 11) is -0.757. The number of aromatic nitrogens is 2. The van der Waals surface area contributed by atoms with Crippen LogP contribution in [0.3, 0.4) is 0 Å². The third-order valence-corrected chi connectivity index (χ3v) is 9.21. The highest BCUT2D eigenvalue weighted by molar-refractivity contribution is 7.32. The molecule has 3 N–H and O–H groups in total. The van der Waals surface area contributed by atoms with E-state index in [2.05, 4.69) is 0 Å². The summed E-state index contributed by atoms with van der Waals surface area (Å²) in [6, 6.07) is 30.9. The second kappa shape index (κ2) is 15.1. The molecule has 52 heavy (non-hydrogen) atoms. The van der Waals surface area contributed by atoms with Gasteiger partial charge in [-0.05, 0) is 41.0 Å². The molecule has 15 heteroatoms. The van der Waals surface area contributed by atoms with Crippen LogP contribution >= 0.6 is 8.25 Å². The van der Waals surface area contributed by atoms with Gasteiger partial charge in [-0.15, -0.1) is 4.89 Å². The Morgan fingerprint density at radius 2 is 1.38 bits per heavy atom. The van der Waals surface area contributed by atoms with Crippen molar-refractivity contribution >= 4 is 14.0 Å². The van der Waals surface area contributed by atoms with E-state index >= 15 is 4.39 Å². The lowest BCUT2D eigenvalue weighted by molar-refractivity contribution is -0.226. The molecular weight excluding hydrogens is 698 g/mol. The molecule has 1 aliphatic heterocycles. The number of carbonyl (C=O) groups excluding carboxylic acids is 1. The lowest BCUT2D eigenvalue weighted by Crippen LogP contribution is -2.56. The van der Waals surface area contributed by atoms with Crippen LogP contribution in [0, 0.1) is 0 Å². The lowest BCUT2D eigenvalue weighted by Gasteiger charge is -2.41. The molecule has 0 radical (unpaired) electrons. The highest BCUT2D eigenvalue weighted by atomic mass is 31.1. The van der Waals surface area contributed by atoms with E-state index in [9.17, 15) is 28.9 Å². The molecule has 2 heterocycles. The lowest BCUT2D eigenvalue weighted by atomic mass is 9.79. The van der Waals surface area contributed by atoms with Gasteiger partial charge >= 0.3 is 13.9 Å². The number of Topliss-reactive ketones (excluding diaryl/α,β-unsaturated/α-hetero) is 1. The standard InChI is InChI=1S/C37H32FN2O11P/c1-47-27-17-13-25(14-18-27)36(24-11-7-4-8-12-24,26-15-19-28(48-2)20-16-26)50-31(30(42)23-9-5-3-6-10-23)33-37(44,51-52(45)46)32(38)34(49-33)40-22-21-29(41)39-35(40)43/h3-22,31-34,44H,1-2H3,(H-,39,41,43,45,46)/p+1/t31?,32-,33+,34+,37-/m0/s1. The predicted octanol–water partition coefficient (Wildman–Crippen LogP) is 4.40. The number of ketones is 1. The molecule has 0 bridgehead atoms. The van der Waals surface area contributed by atoms with Gasteiger partial charge in [-0.25, -0.2) is 9.18 Å². The van der Waals surface area contributed by atoms with E-state index in [1.54, 1.807) is 97.1 Å². The molecule has 13 nitrogen and oxygen atoms in total. The maximum absolute atomic E-state index is 16.6. The van der Waals surface area contributed by atoms with E-state index in [1.807, 2.05) is 4.98 Å². The maximum atomic E-state index is 16.6. The van der Waals surface area contributed by atoms with Crippen molar-refractivity contribution in [1.82, 2.24) is 9.55 Å². The van der Waals surface area contributed by atoms with Gasteiger partial charge < -0.3 is 24.1 Å². The van der Waals surface area contributed by atoms with Crippen LogP contribution in [-0.4, -0.2) is 63.7 Å². The molecule has 0 spiro atoms. The van der Waals surface area contributed by atoms with E-state index in [4.69, 9.17) is 23.5 Å². The van der Waals surface area contributed by atoms with E-state index in [0.29, 0.717) is 32.8 Å². The van der Waals surface area contributed by atoms with Crippen molar-refractivity contribution in [2.24, 2.45) is 0 Å². The van der Waals surface area contributed by atoms with Crippen molar-refractivity contribution in [2.45, 2.75) is 36.0 Å². The summed E-state index contributed by atoms with van der Waals surface area (Å²) in [5, 5.41) is 12.0. The van der Waals surface area contributed by atoms with Gasteiger partial charge in [-0.3, -0.25) is 19.1 Å². The summed E-state index contributed by atoms with van der Waals surface area (Å²) >= 11 is 0. The molecule has 2 unspecified atom stereocenters. The summed E-state index contributed by atoms with van der Waals surface area (Å²) in [6.45, 7) is 0. The predicted molar refractivity (Wildman–Crippen MR) is 184 cm³/mol. The highest BCUT2D eigenvalue weighted by Crippen LogP contribution is 2.49. The summed E-state index contributed by atoms with van der Waals surface area (Å²) in [4.78, 5) is 51.3. The minimum absolute atomic E-state index is 0.0401. The van der Waals surface area contributed by atoms with Crippen molar-refractivity contribution in [3.8, 4) is 11.5 Å². The summed E-state index contributed by atoms with van der Waals surface area (Å²) in [6.07, 6.45) is -8.19. The Morgan fingerprint density at radius 1 is 0.865 bits per heavy atom. The monoisotopic (exact) mass is 731 g/mol. The minimum atomic E-state index is -3.75. The largest absolute Gasteiger partial charge is 0.697 e. The zero-order valence-corrected chi connectivity index (χ0v) is 28.6. The smallest absolute Gasteiger partial charge is 0.497 e. The van der Waals surface area contributed by atoms with Crippen molar-refractivity contribution < 1.29 is 47.2 Å². The molecule has 0 aliphatic carbocycles. The SMILES string of the molecule is COc1ccc(C(OC(C(=O)c2ccccc2)[C@H]2O[C@@H](n3ccc(=O)[nH]c3=O)[C@H](F)[C@]2(O)O[P+](=O)O)(c2ccccc2)c2ccc(OC)cc2)cc1. The average molecular weight is 732 g/mol. The van der Waals surface area contributed by atoms with Crippen molar-refractivity contribution in [3.63, 3.8) is 0 Å². The zero-order valence-electron chi connectivity index (χ0n) is 27.7. The first-order valence-electron chi connectivity index (χ1n) is 15.8. The molecule has 1 fully saturated rings. The van der Waals surface area contributed by atoms with Crippen molar-refractivity contribution in [2.75, 3.05) is 14.2 Å². The summed E-state index contributed by atoms with van der Waals surface area (Å²) in [5.41, 5.74) is -2.30. The third-order valence-electron chi connectivity index (χ3n) is 8.76. The number of rotatable bonds is 13. The van der Waals surface area contributed by atoms with Gasteiger partial charge in [0.05, 0.1) is 14.2 Å². The Morgan fingerprint density at radius 3 is 1.88 bits per heavy atom. The number of aliphatic hydroxyl groups is 1. The van der Waals surface area contributed by atoms with Crippen LogP contribution in [0.2, 0.25) is 0 Å². The number of hydrogen-bond donors (Lipinski definition) is 3. The van der Waals surface area contributed by atoms with Gasteiger partial charge in [-0.1, -0.05) is 89.5 Å². The fourth-order valence-corrected chi connectivity index (χ4v) is 6.72. The number of benzene rings is 4. The first-order valence-corrected chi connectivity index (χ1v) is 16.9. The number of alkyl halides is 1. The topological polar surface area (TPSA) is 176 Å². The van der Waals surface area contributed by atoms with Gasteiger partial charge in [0.2, 0.25) is 6.17 Å². The number of nitrogens with zero attached hydrogens (tertiary/aromatic N) is 1. The number of aromatic amines is 1. The van der Waals surface area contributed by atoms with Crippen LogP contribution in [0.5, 0.6) is 11.5 Å². The molecular formula is C37H33FN2O11P+. The van der Waals surface area contributed by atoms with E-state index < -0.39 is 61.3 Å². The summed E-state index contributed by atoms with van der Waals surface area (Å²) < 4.78 is 58.2. The quantitative estimate of drug-likeness (QED) is 0.0678. The number of carbonyl (C=O) groups is 1. The molecule has 268 valence electrons. The number of methoxy groups -OCH3 is 2. The zero-order chi connectivity index (χ0) is 37.0. The second-order valence-electron chi connectivity index (χ2n) is 11.7. The van der Waals surface area contributed by atoms with Crippen LogP contribution < -0.4 is 20.7 Å². The normalized spacial score (nSPS) is 20.9. The van der Waals surface area contributed by atoms with Gasteiger partial charge in [0.25, 0.3) is 11.3 Å². The van der Waals surface area contributed by atoms with Gasteiger partial charge in [-0.2, -0.15) is 0 Å².